The van der Waals surface area contributed by atoms with Crippen LogP contribution in [0.3, 0.4) is 0 Å². The van der Waals surface area contributed by atoms with Crippen molar-refractivity contribution in [1.29, 1.82) is 0 Å². The number of nitrogens with zero attached hydrogens (tertiary/aromatic N) is 2. The molecule has 0 saturated heterocycles. The lowest BCUT2D eigenvalue weighted by Gasteiger charge is -2.18. The standard InChI is InChI=1S/C15H20N4O.ClH/c1-15(2,16)11-17-14(20)10-12-4-6-13(7-5-12)19-9-3-8-18-19;/h3-9H,10-11,16H2,1-2H3,(H,17,20);1H. The molecule has 5 nitrogen and oxygen atoms in total. The molecule has 0 aliphatic heterocycles. The van der Waals surface area contributed by atoms with E-state index in [4.69, 9.17) is 5.73 Å². The Hall–Kier alpha value is -1.85. The molecule has 3 N–H and O–H groups in total. The summed E-state index contributed by atoms with van der Waals surface area (Å²) in [4.78, 5) is 11.8. The zero-order valence-electron chi connectivity index (χ0n) is 12.2. The quantitative estimate of drug-likeness (QED) is 0.883. The van der Waals surface area contributed by atoms with Crippen LogP contribution in [-0.4, -0.2) is 27.8 Å². The summed E-state index contributed by atoms with van der Waals surface area (Å²) >= 11 is 0. The molecule has 1 aromatic heterocycles. The van der Waals surface area contributed by atoms with E-state index in [1.165, 1.54) is 0 Å². The number of hydrogen-bond donors (Lipinski definition) is 2. The lowest BCUT2D eigenvalue weighted by Crippen LogP contribution is -2.45. The van der Waals surface area contributed by atoms with Gasteiger partial charge in [0.05, 0.1) is 12.1 Å². The number of halogens is 1. The number of nitrogens with one attached hydrogen (secondary N) is 1. The van der Waals surface area contributed by atoms with Crippen molar-refractivity contribution in [2.24, 2.45) is 5.73 Å². The van der Waals surface area contributed by atoms with E-state index in [1.54, 1.807) is 10.9 Å². The zero-order valence-corrected chi connectivity index (χ0v) is 13.1. The van der Waals surface area contributed by atoms with Crippen LogP contribution in [0.4, 0.5) is 0 Å². The minimum atomic E-state index is -0.389. The highest BCUT2D eigenvalue weighted by atomic mass is 35.5. The maximum absolute atomic E-state index is 11.8. The van der Waals surface area contributed by atoms with Crippen molar-refractivity contribution in [1.82, 2.24) is 15.1 Å². The van der Waals surface area contributed by atoms with Gasteiger partial charge in [-0.25, -0.2) is 4.68 Å². The molecule has 0 aliphatic rings. The smallest absolute Gasteiger partial charge is 0.224 e. The Balaban J connectivity index is 0.00000220. The Morgan fingerprint density at radius 1 is 1.33 bits per heavy atom. The van der Waals surface area contributed by atoms with E-state index in [2.05, 4.69) is 10.4 Å². The van der Waals surface area contributed by atoms with Gasteiger partial charge in [-0.05, 0) is 37.6 Å². The van der Waals surface area contributed by atoms with Gasteiger partial charge in [0, 0.05) is 24.5 Å². The summed E-state index contributed by atoms with van der Waals surface area (Å²) < 4.78 is 1.78. The predicted octanol–water partition coefficient (Wildman–Crippen LogP) is 1.69. The SMILES string of the molecule is CC(C)(N)CNC(=O)Cc1ccc(-n2cccn2)cc1.Cl. The Kier molecular flexibility index (Phi) is 5.93. The van der Waals surface area contributed by atoms with Crippen molar-refractivity contribution >= 4 is 18.3 Å². The molecule has 1 amide bonds. The van der Waals surface area contributed by atoms with Crippen LogP contribution in [0.5, 0.6) is 0 Å². The average Bonchev–Trinajstić information content (AvgIpc) is 2.90. The highest BCUT2D eigenvalue weighted by Crippen LogP contribution is 2.09. The molecule has 0 radical (unpaired) electrons. The number of rotatable bonds is 5. The van der Waals surface area contributed by atoms with E-state index >= 15 is 0 Å². The first kappa shape index (κ1) is 17.2. The van der Waals surface area contributed by atoms with Crippen LogP contribution in [0.2, 0.25) is 0 Å². The molecule has 0 bridgehead atoms. The van der Waals surface area contributed by atoms with Crippen LogP contribution < -0.4 is 11.1 Å². The summed E-state index contributed by atoms with van der Waals surface area (Å²) in [6.07, 6.45) is 3.97. The Labute approximate surface area is 130 Å². The van der Waals surface area contributed by atoms with E-state index in [0.29, 0.717) is 13.0 Å². The first-order chi connectivity index (χ1) is 9.44. The third-order valence-electron chi connectivity index (χ3n) is 2.81. The topological polar surface area (TPSA) is 72.9 Å². The van der Waals surface area contributed by atoms with Crippen LogP contribution in [0.1, 0.15) is 19.4 Å². The second-order valence-electron chi connectivity index (χ2n) is 5.56. The number of aromatic nitrogens is 2. The molecule has 1 heterocycles. The fourth-order valence-corrected chi connectivity index (χ4v) is 1.76. The number of carbonyl (C=O) groups is 1. The molecule has 6 heteroatoms. The van der Waals surface area contributed by atoms with Gasteiger partial charge in [-0.3, -0.25) is 4.79 Å². The van der Waals surface area contributed by atoms with E-state index < -0.39 is 0 Å². The van der Waals surface area contributed by atoms with E-state index in [0.717, 1.165) is 11.3 Å². The lowest BCUT2D eigenvalue weighted by molar-refractivity contribution is -0.120. The first-order valence-electron chi connectivity index (χ1n) is 6.59. The molecule has 0 aliphatic carbocycles. The fourth-order valence-electron chi connectivity index (χ4n) is 1.76. The summed E-state index contributed by atoms with van der Waals surface area (Å²) in [7, 11) is 0. The van der Waals surface area contributed by atoms with Crippen LogP contribution in [-0.2, 0) is 11.2 Å². The molecule has 114 valence electrons. The maximum Gasteiger partial charge on any atom is 0.224 e. The van der Waals surface area contributed by atoms with Gasteiger partial charge in [0.25, 0.3) is 0 Å². The molecule has 0 unspecified atom stereocenters. The molecular formula is C15H21ClN4O. The van der Waals surface area contributed by atoms with Crippen molar-refractivity contribution in [3.05, 3.63) is 48.3 Å². The van der Waals surface area contributed by atoms with Gasteiger partial charge < -0.3 is 11.1 Å². The predicted molar refractivity (Wildman–Crippen MR) is 85.8 cm³/mol. The summed E-state index contributed by atoms with van der Waals surface area (Å²) in [5, 5.41) is 6.99. The molecular weight excluding hydrogens is 288 g/mol. The van der Waals surface area contributed by atoms with Gasteiger partial charge in [-0.1, -0.05) is 12.1 Å². The van der Waals surface area contributed by atoms with Crippen molar-refractivity contribution in [3.63, 3.8) is 0 Å². The molecule has 0 saturated carbocycles. The Morgan fingerprint density at radius 2 is 2.00 bits per heavy atom. The number of amides is 1. The molecule has 1 aromatic carbocycles. The average molecular weight is 309 g/mol. The molecule has 0 spiro atoms. The summed E-state index contributed by atoms with van der Waals surface area (Å²) in [5.74, 6) is -0.0182. The lowest BCUT2D eigenvalue weighted by atomic mass is 10.1. The van der Waals surface area contributed by atoms with Gasteiger partial charge in [-0.15, -0.1) is 12.4 Å². The number of carbonyl (C=O) groups excluding carboxylic acids is 1. The van der Waals surface area contributed by atoms with Crippen LogP contribution in [0, 0.1) is 0 Å². The van der Waals surface area contributed by atoms with Gasteiger partial charge in [-0.2, -0.15) is 5.10 Å². The zero-order chi connectivity index (χ0) is 14.6. The summed E-state index contributed by atoms with van der Waals surface area (Å²) in [6.45, 7) is 4.23. The van der Waals surface area contributed by atoms with Crippen molar-refractivity contribution in [3.8, 4) is 5.69 Å². The van der Waals surface area contributed by atoms with Crippen LogP contribution in [0.25, 0.3) is 5.69 Å². The van der Waals surface area contributed by atoms with Crippen molar-refractivity contribution in [2.75, 3.05) is 6.54 Å². The molecule has 21 heavy (non-hydrogen) atoms. The normalized spacial score (nSPS) is 10.8. The van der Waals surface area contributed by atoms with Gasteiger partial charge >= 0.3 is 0 Å². The first-order valence-corrected chi connectivity index (χ1v) is 6.59. The van der Waals surface area contributed by atoms with E-state index in [-0.39, 0.29) is 23.9 Å². The molecule has 2 aromatic rings. The second kappa shape index (κ2) is 7.24. The second-order valence-corrected chi connectivity index (χ2v) is 5.56. The fraction of sp³-hybridized carbons (Fsp3) is 0.333. The summed E-state index contributed by atoms with van der Waals surface area (Å²) in [6, 6.07) is 9.63. The van der Waals surface area contributed by atoms with Crippen LogP contribution in [0.15, 0.2) is 42.7 Å². The Bertz CT molecular complexity index is 558. The molecule has 0 atom stereocenters. The van der Waals surface area contributed by atoms with Crippen molar-refractivity contribution < 1.29 is 4.79 Å². The minimum absolute atomic E-state index is 0. The van der Waals surface area contributed by atoms with Gasteiger partial charge in [0.2, 0.25) is 5.91 Å². The monoisotopic (exact) mass is 308 g/mol. The largest absolute Gasteiger partial charge is 0.354 e. The van der Waals surface area contributed by atoms with E-state index in [9.17, 15) is 4.79 Å². The van der Waals surface area contributed by atoms with Gasteiger partial charge in [0.1, 0.15) is 0 Å². The number of benzene rings is 1. The Morgan fingerprint density at radius 3 is 2.52 bits per heavy atom. The highest BCUT2D eigenvalue weighted by molar-refractivity contribution is 5.85. The van der Waals surface area contributed by atoms with Gasteiger partial charge in [0.15, 0.2) is 0 Å². The molecule has 2 rings (SSSR count). The van der Waals surface area contributed by atoms with E-state index in [1.807, 2.05) is 50.4 Å². The molecule has 0 fully saturated rings. The third-order valence-corrected chi connectivity index (χ3v) is 2.81. The minimum Gasteiger partial charge on any atom is -0.354 e. The number of hydrogen-bond acceptors (Lipinski definition) is 3. The highest BCUT2D eigenvalue weighted by Gasteiger charge is 2.12. The van der Waals surface area contributed by atoms with Crippen molar-refractivity contribution in [2.45, 2.75) is 25.8 Å². The summed E-state index contributed by atoms with van der Waals surface area (Å²) in [5.41, 5.74) is 7.38. The number of nitrogens with two attached hydrogens (primary N) is 1. The third kappa shape index (κ3) is 5.57. The van der Waals surface area contributed by atoms with Crippen LogP contribution >= 0.6 is 12.4 Å². The maximum atomic E-state index is 11.8.